The summed E-state index contributed by atoms with van der Waals surface area (Å²) in [6, 6.07) is 20.2. The van der Waals surface area contributed by atoms with Crippen LogP contribution < -0.4 is 0 Å². The van der Waals surface area contributed by atoms with Crippen LogP contribution in [-0.2, 0) is 0 Å². The highest BCUT2D eigenvalue weighted by atomic mass is 16.4. The van der Waals surface area contributed by atoms with E-state index >= 15 is 0 Å². The molecule has 42 heavy (non-hydrogen) atoms. The number of carbonyl (C=O) groups is 3. The quantitative estimate of drug-likeness (QED) is 0.273. The lowest BCUT2D eigenvalue weighted by molar-refractivity contribution is 0.0685. The summed E-state index contributed by atoms with van der Waals surface area (Å²) in [5.41, 5.74) is 5.74. The van der Waals surface area contributed by atoms with Crippen molar-refractivity contribution in [2.24, 2.45) is 0 Å². The van der Waals surface area contributed by atoms with Crippen molar-refractivity contribution in [1.82, 2.24) is 0 Å². The number of hydrogen-bond acceptors (Lipinski definition) is 3. The van der Waals surface area contributed by atoms with Crippen LogP contribution in [0.5, 0.6) is 0 Å². The van der Waals surface area contributed by atoms with Gasteiger partial charge in [0.15, 0.2) is 0 Å². The van der Waals surface area contributed by atoms with Crippen LogP contribution in [0.25, 0.3) is 0 Å². The summed E-state index contributed by atoms with van der Waals surface area (Å²) in [5, 5.41) is 28.3. The van der Waals surface area contributed by atoms with Crippen molar-refractivity contribution in [1.29, 1.82) is 0 Å². The fourth-order valence-corrected chi connectivity index (χ4v) is 4.07. The van der Waals surface area contributed by atoms with Gasteiger partial charge in [-0.3, -0.25) is 0 Å². The largest absolute Gasteiger partial charge is 0.478 e. The van der Waals surface area contributed by atoms with Crippen molar-refractivity contribution in [3.63, 3.8) is 0 Å². The van der Waals surface area contributed by atoms with Gasteiger partial charge in [0.25, 0.3) is 0 Å². The number of benzene rings is 4. The van der Waals surface area contributed by atoms with Crippen molar-refractivity contribution >= 4 is 17.9 Å². The van der Waals surface area contributed by atoms with Crippen LogP contribution in [0.1, 0.15) is 81.1 Å². The van der Waals surface area contributed by atoms with E-state index in [1.807, 2.05) is 0 Å². The van der Waals surface area contributed by atoms with Crippen molar-refractivity contribution in [2.75, 3.05) is 0 Å². The Morgan fingerprint density at radius 2 is 0.643 bits per heavy atom. The first kappa shape index (κ1) is 29.0. The Balaban J connectivity index is 1.78. The molecular weight excluding hydrogens is 528 g/mol. The molecule has 0 spiro atoms. The molecule has 4 aromatic carbocycles. The van der Waals surface area contributed by atoms with E-state index in [9.17, 15) is 29.7 Å². The monoisotopic (exact) mass is 552 g/mol. The second kappa shape index (κ2) is 12.4. The van der Waals surface area contributed by atoms with E-state index in [0.717, 1.165) is 0 Å². The van der Waals surface area contributed by atoms with Gasteiger partial charge in [0.05, 0.1) is 16.7 Å². The summed E-state index contributed by atoms with van der Waals surface area (Å²) >= 11 is 0. The van der Waals surface area contributed by atoms with E-state index in [-0.39, 0.29) is 16.7 Å². The first-order valence-corrected chi connectivity index (χ1v) is 12.7. The summed E-state index contributed by atoms with van der Waals surface area (Å²) in [4.78, 5) is 34.6. The lowest BCUT2D eigenvalue weighted by Gasteiger charge is -2.02. The molecule has 0 amide bonds. The fourth-order valence-electron chi connectivity index (χ4n) is 4.07. The zero-order valence-corrected chi connectivity index (χ0v) is 23.0. The minimum absolute atomic E-state index is 0.172. The van der Waals surface area contributed by atoms with Gasteiger partial charge in [-0.05, 0) is 92.1 Å². The Kier molecular flexibility index (Phi) is 8.57. The summed E-state index contributed by atoms with van der Waals surface area (Å²) in [6.07, 6.45) is 0. The molecule has 0 fully saturated rings. The summed E-state index contributed by atoms with van der Waals surface area (Å²) in [5.74, 6) is 15.1. The molecule has 0 aliphatic heterocycles. The minimum atomic E-state index is -1.03. The smallest absolute Gasteiger partial charge is 0.335 e. The van der Waals surface area contributed by atoms with Gasteiger partial charge in [-0.15, -0.1) is 0 Å². The van der Waals surface area contributed by atoms with Gasteiger partial charge < -0.3 is 15.3 Å². The van der Waals surface area contributed by atoms with Crippen LogP contribution in [0, 0.1) is 56.3 Å². The predicted octanol–water partition coefficient (Wildman–Crippen LogP) is 5.91. The zero-order chi connectivity index (χ0) is 30.4. The molecule has 0 atom stereocenters. The highest BCUT2D eigenvalue weighted by Gasteiger charge is 2.09. The van der Waals surface area contributed by atoms with Gasteiger partial charge in [0.1, 0.15) is 0 Å². The number of aromatic carboxylic acids is 3. The van der Waals surface area contributed by atoms with E-state index in [1.165, 1.54) is 18.2 Å². The summed E-state index contributed by atoms with van der Waals surface area (Å²) in [7, 11) is 0. The molecule has 0 aliphatic carbocycles. The van der Waals surface area contributed by atoms with Gasteiger partial charge in [0, 0.05) is 33.4 Å². The van der Waals surface area contributed by atoms with Crippen LogP contribution in [0.15, 0.2) is 72.8 Å². The average Bonchev–Trinajstić information content (AvgIpc) is 2.95. The lowest BCUT2D eigenvalue weighted by atomic mass is 10.0. The van der Waals surface area contributed by atoms with Crippen molar-refractivity contribution in [3.05, 3.63) is 140 Å². The van der Waals surface area contributed by atoms with Gasteiger partial charge in [0.2, 0.25) is 0 Å². The molecule has 0 aliphatic rings. The second-order valence-electron chi connectivity index (χ2n) is 9.55. The molecule has 0 unspecified atom stereocenters. The van der Waals surface area contributed by atoms with Gasteiger partial charge in [-0.25, -0.2) is 14.4 Å². The Bertz CT molecular complexity index is 1720. The Labute approximate surface area is 243 Å². The fraction of sp³-hybridized carbons (Fsp3) is 0.0833. The average molecular weight is 553 g/mol. The third kappa shape index (κ3) is 7.13. The molecule has 0 aromatic heterocycles. The number of hydrogen-bond donors (Lipinski definition) is 3. The number of rotatable bonds is 3. The SMILES string of the molecule is Cc1ccc(C#Cc2cc(C#Cc3ccc(C)c(C(=O)O)c3)cc(C#Cc3ccc(C)c(C(=O)O)c3)c2)cc1C(=O)O. The Hall–Kier alpha value is -6.03. The molecule has 3 N–H and O–H groups in total. The molecule has 0 saturated heterocycles. The van der Waals surface area contributed by atoms with E-state index < -0.39 is 17.9 Å². The molecule has 4 rings (SSSR count). The Morgan fingerprint density at radius 3 is 0.881 bits per heavy atom. The molecule has 0 radical (unpaired) electrons. The Morgan fingerprint density at radius 1 is 0.405 bits per heavy atom. The van der Waals surface area contributed by atoms with Gasteiger partial charge in [-0.2, -0.15) is 0 Å². The second-order valence-corrected chi connectivity index (χ2v) is 9.55. The molecular formula is C36H24O6. The standard InChI is InChI=1S/C36H24O6/c1-22-4-7-25(19-31(22)34(37)38)10-13-28-16-29(14-11-26-8-5-23(2)32(20-26)35(39)40)18-30(17-28)15-12-27-9-6-24(3)33(21-27)36(41)42/h4-9,16-21H,1-3H3,(H,37,38)(H,39,40)(H,41,42). The van der Waals surface area contributed by atoms with E-state index in [1.54, 1.807) is 75.4 Å². The third-order valence-corrected chi connectivity index (χ3v) is 6.39. The molecule has 0 heterocycles. The van der Waals surface area contributed by atoms with Crippen LogP contribution in [0.2, 0.25) is 0 Å². The molecule has 204 valence electrons. The minimum Gasteiger partial charge on any atom is -0.478 e. The molecule has 4 aromatic rings. The predicted molar refractivity (Wildman–Crippen MR) is 159 cm³/mol. The van der Waals surface area contributed by atoms with E-state index in [0.29, 0.717) is 50.1 Å². The number of carboxylic acids is 3. The van der Waals surface area contributed by atoms with Gasteiger partial charge in [-0.1, -0.05) is 53.7 Å². The first-order valence-electron chi connectivity index (χ1n) is 12.7. The summed E-state index contributed by atoms with van der Waals surface area (Å²) < 4.78 is 0. The molecule has 6 heteroatoms. The molecule has 6 nitrogen and oxygen atoms in total. The lowest BCUT2D eigenvalue weighted by Crippen LogP contribution is -2.00. The van der Waals surface area contributed by atoms with Crippen molar-refractivity contribution in [2.45, 2.75) is 20.8 Å². The number of aryl methyl sites for hydroxylation is 3. The van der Waals surface area contributed by atoms with Crippen LogP contribution in [0.4, 0.5) is 0 Å². The van der Waals surface area contributed by atoms with Crippen molar-refractivity contribution < 1.29 is 29.7 Å². The maximum Gasteiger partial charge on any atom is 0.335 e. The molecule has 0 saturated carbocycles. The van der Waals surface area contributed by atoms with Crippen molar-refractivity contribution in [3.8, 4) is 35.5 Å². The third-order valence-electron chi connectivity index (χ3n) is 6.39. The normalized spacial score (nSPS) is 9.79. The maximum atomic E-state index is 11.5. The zero-order valence-electron chi connectivity index (χ0n) is 23.0. The van der Waals surface area contributed by atoms with E-state index in [4.69, 9.17) is 0 Å². The van der Waals surface area contributed by atoms with Gasteiger partial charge >= 0.3 is 17.9 Å². The number of carboxylic acid groups (broad SMARTS) is 3. The van der Waals surface area contributed by atoms with Crippen LogP contribution >= 0.6 is 0 Å². The maximum absolute atomic E-state index is 11.5. The summed E-state index contributed by atoms with van der Waals surface area (Å²) in [6.45, 7) is 5.15. The van der Waals surface area contributed by atoms with Crippen LogP contribution in [0.3, 0.4) is 0 Å². The highest BCUT2D eigenvalue weighted by Crippen LogP contribution is 2.15. The van der Waals surface area contributed by atoms with Crippen LogP contribution in [-0.4, -0.2) is 33.2 Å². The first-order chi connectivity index (χ1) is 20.0. The van der Waals surface area contributed by atoms with E-state index in [2.05, 4.69) is 35.5 Å². The highest BCUT2D eigenvalue weighted by molar-refractivity contribution is 5.91. The molecule has 0 bridgehead atoms. The topological polar surface area (TPSA) is 112 Å².